The molecule has 0 unspecified atom stereocenters. The number of rotatable bonds is 6. The minimum Gasteiger partial charge on any atom is -0.493 e. The van der Waals surface area contributed by atoms with E-state index >= 15 is 0 Å². The lowest BCUT2D eigenvalue weighted by atomic mass is 9.97. The summed E-state index contributed by atoms with van der Waals surface area (Å²) in [6.45, 7) is 10.6. The third-order valence-electron chi connectivity index (χ3n) is 5.78. The third-order valence-corrected chi connectivity index (χ3v) is 5.78. The lowest BCUT2D eigenvalue weighted by molar-refractivity contribution is 0.0980. The number of ether oxygens (including phenoxy) is 1. The van der Waals surface area contributed by atoms with Crippen molar-refractivity contribution >= 4 is 17.7 Å². The summed E-state index contributed by atoms with van der Waals surface area (Å²) < 4.78 is 5.61. The molecule has 0 radical (unpaired) electrons. The fraction of sp³-hybridized carbons (Fsp3) is 0.542. The Morgan fingerprint density at radius 3 is 2.84 bits per heavy atom. The number of carbonyl (C=O) groups excluding carboxylic acids is 1. The number of nitrogens with one attached hydrogen (secondary N) is 2. The molecular weight excluding hydrogens is 390 g/mol. The van der Waals surface area contributed by atoms with Crippen LogP contribution >= 0.6 is 0 Å². The van der Waals surface area contributed by atoms with E-state index in [1.54, 1.807) is 6.20 Å². The van der Waals surface area contributed by atoms with E-state index in [0.717, 1.165) is 50.2 Å². The smallest absolute Gasteiger partial charge is 0.259 e. The lowest BCUT2D eigenvalue weighted by Gasteiger charge is -2.30. The second-order valence-corrected chi connectivity index (χ2v) is 9.68. The summed E-state index contributed by atoms with van der Waals surface area (Å²) in [5.41, 5.74) is 1.89. The van der Waals surface area contributed by atoms with Crippen molar-refractivity contribution in [2.24, 2.45) is 11.3 Å². The highest BCUT2D eigenvalue weighted by Crippen LogP contribution is 2.28. The summed E-state index contributed by atoms with van der Waals surface area (Å²) in [5.74, 6) is 2.51. The maximum absolute atomic E-state index is 13.6. The quantitative estimate of drug-likeness (QED) is 0.740. The van der Waals surface area contributed by atoms with Crippen LogP contribution in [0.3, 0.4) is 0 Å². The lowest BCUT2D eigenvalue weighted by Crippen LogP contribution is -2.40. The maximum Gasteiger partial charge on any atom is 0.259 e. The van der Waals surface area contributed by atoms with Crippen molar-refractivity contribution in [3.05, 3.63) is 41.6 Å². The third kappa shape index (κ3) is 5.53. The number of piperidine rings is 1. The SMILES string of the molecule is CC(C)(C)CNc1nccc(N(CC2CCNCC2)C(=O)c2ccc3c(c2)CCO3)n1. The number of nitrogens with zero attached hydrogens (tertiary/aromatic N) is 3. The Morgan fingerprint density at radius 1 is 1.26 bits per heavy atom. The van der Waals surface area contributed by atoms with Crippen LogP contribution in [-0.2, 0) is 6.42 Å². The van der Waals surface area contributed by atoms with Crippen molar-refractivity contribution in [1.29, 1.82) is 0 Å². The highest BCUT2D eigenvalue weighted by atomic mass is 16.5. The first-order valence-corrected chi connectivity index (χ1v) is 11.2. The number of carbonyl (C=O) groups is 1. The van der Waals surface area contributed by atoms with E-state index in [9.17, 15) is 4.79 Å². The number of anilines is 2. The monoisotopic (exact) mass is 423 g/mol. The van der Waals surface area contributed by atoms with E-state index in [-0.39, 0.29) is 11.3 Å². The predicted octanol–water partition coefficient (Wildman–Crippen LogP) is 3.52. The Balaban J connectivity index is 1.60. The molecule has 2 aliphatic heterocycles. The average Bonchev–Trinajstić information content (AvgIpc) is 3.24. The van der Waals surface area contributed by atoms with Gasteiger partial charge in [0.15, 0.2) is 0 Å². The number of hydrogen-bond donors (Lipinski definition) is 2. The largest absolute Gasteiger partial charge is 0.493 e. The van der Waals surface area contributed by atoms with Crippen molar-refractivity contribution < 1.29 is 9.53 Å². The molecule has 4 rings (SSSR count). The van der Waals surface area contributed by atoms with E-state index in [2.05, 4.69) is 36.4 Å². The predicted molar refractivity (Wildman–Crippen MR) is 123 cm³/mol. The molecule has 0 spiro atoms. The second kappa shape index (κ2) is 9.22. The summed E-state index contributed by atoms with van der Waals surface area (Å²) in [6.07, 6.45) is 4.69. The highest BCUT2D eigenvalue weighted by Gasteiger charge is 2.26. The first-order valence-electron chi connectivity index (χ1n) is 11.2. The molecule has 1 saturated heterocycles. The molecule has 2 N–H and O–H groups in total. The topological polar surface area (TPSA) is 79.4 Å². The molecule has 0 atom stereocenters. The van der Waals surface area contributed by atoms with Crippen LogP contribution < -0.4 is 20.3 Å². The Bertz CT molecular complexity index is 918. The van der Waals surface area contributed by atoms with Gasteiger partial charge in [0, 0.05) is 31.3 Å². The van der Waals surface area contributed by atoms with E-state index in [4.69, 9.17) is 9.72 Å². The van der Waals surface area contributed by atoms with E-state index in [0.29, 0.717) is 36.4 Å². The minimum atomic E-state index is -0.0197. The van der Waals surface area contributed by atoms with Gasteiger partial charge in [-0.1, -0.05) is 20.8 Å². The molecular formula is C24H33N5O2. The molecule has 0 saturated carbocycles. The summed E-state index contributed by atoms with van der Waals surface area (Å²) in [5, 5.41) is 6.71. The van der Waals surface area contributed by atoms with Gasteiger partial charge in [0.2, 0.25) is 5.95 Å². The summed E-state index contributed by atoms with van der Waals surface area (Å²) in [6, 6.07) is 7.58. The van der Waals surface area contributed by atoms with Gasteiger partial charge >= 0.3 is 0 Å². The molecule has 1 aromatic heterocycles. The van der Waals surface area contributed by atoms with E-state index < -0.39 is 0 Å². The second-order valence-electron chi connectivity index (χ2n) is 9.68. The van der Waals surface area contributed by atoms with Crippen molar-refractivity contribution in [1.82, 2.24) is 15.3 Å². The Hall–Kier alpha value is -2.67. The average molecular weight is 424 g/mol. The van der Waals surface area contributed by atoms with Crippen LogP contribution in [-0.4, -0.2) is 48.7 Å². The van der Waals surface area contributed by atoms with Crippen LogP contribution in [0, 0.1) is 11.3 Å². The van der Waals surface area contributed by atoms with Gasteiger partial charge in [0.25, 0.3) is 5.91 Å². The molecule has 1 fully saturated rings. The van der Waals surface area contributed by atoms with Crippen LogP contribution in [0.4, 0.5) is 11.8 Å². The van der Waals surface area contributed by atoms with Gasteiger partial charge in [-0.15, -0.1) is 0 Å². The molecule has 0 aliphatic carbocycles. The minimum absolute atomic E-state index is 0.0197. The zero-order chi connectivity index (χ0) is 21.8. The van der Waals surface area contributed by atoms with Crippen molar-refractivity contribution in [2.75, 3.05) is 43.0 Å². The van der Waals surface area contributed by atoms with E-state index in [1.807, 2.05) is 29.2 Å². The van der Waals surface area contributed by atoms with Gasteiger partial charge < -0.3 is 15.4 Å². The molecule has 166 valence electrons. The maximum atomic E-state index is 13.6. The van der Waals surface area contributed by atoms with Gasteiger partial charge in [-0.25, -0.2) is 4.98 Å². The highest BCUT2D eigenvalue weighted by molar-refractivity contribution is 6.05. The van der Waals surface area contributed by atoms with Crippen molar-refractivity contribution in [3.8, 4) is 5.75 Å². The van der Waals surface area contributed by atoms with Crippen LogP contribution in [0.1, 0.15) is 49.5 Å². The fourth-order valence-electron chi connectivity index (χ4n) is 4.01. The van der Waals surface area contributed by atoms with Crippen molar-refractivity contribution in [3.63, 3.8) is 0 Å². The van der Waals surface area contributed by atoms with Crippen LogP contribution in [0.25, 0.3) is 0 Å². The zero-order valence-electron chi connectivity index (χ0n) is 18.8. The van der Waals surface area contributed by atoms with Gasteiger partial charge in [0.05, 0.1) is 6.61 Å². The molecule has 7 heteroatoms. The van der Waals surface area contributed by atoms with Gasteiger partial charge in [-0.05, 0) is 67.1 Å². The summed E-state index contributed by atoms with van der Waals surface area (Å²) in [4.78, 5) is 24.5. The molecule has 31 heavy (non-hydrogen) atoms. The molecule has 2 aliphatic rings. The van der Waals surface area contributed by atoms with Crippen LogP contribution in [0.15, 0.2) is 30.5 Å². The molecule has 2 aromatic rings. The molecule has 0 bridgehead atoms. The first-order chi connectivity index (χ1) is 14.9. The Morgan fingerprint density at radius 2 is 2.06 bits per heavy atom. The van der Waals surface area contributed by atoms with Gasteiger partial charge in [-0.2, -0.15) is 4.98 Å². The number of fused-ring (bicyclic) bond motifs is 1. The number of hydrogen-bond acceptors (Lipinski definition) is 6. The fourth-order valence-corrected chi connectivity index (χ4v) is 4.01. The van der Waals surface area contributed by atoms with Crippen molar-refractivity contribution in [2.45, 2.75) is 40.0 Å². The van der Waals surface area contributed by atoms with E-state index in [1.165, 1.54) is 0 Å². The molecule has 3 heterocycles. The molecule has 1 aromatic carbocycles. The van der Waals surface area contributed by atoms with Crippen LogP contribution in [0.5, 0.6) is 5.75 Å². The number of aromatic nitrogens is 2. The van der Waals surface area contributed by atoms with Gasteiger partial charge in [0.1, 0.15) is 11.6 Å². The summed E-state index contributed by atoms with van der Waals surface area (Å²) >= 11 is 0. The molecule has 1 amide bonds. The zero-order valence-corrected chi connectivity index (χ0v) is 18.8. The normalized spacial score (nSPS) is 16.5. The number of amides is 1. The van der Waals surface area contributed by atoms with Gasteiger partial charge in [-0.3, -0.25) is 9.69 Å². The Labute approximate surface area is 184 Å². The van der Waals surface area contributed by atoms with Crippen LogP contribution in [0.2, 0.25) is 0 Å². The first kappa shape index (κ1) is 21.6. The standard InChI is InChI=1S/C24H33N5O2/c1-24(2,3)16-27-23-26-12-8-21(28-23)29(15-17-6-10-25-11-7-17)22(30)19-4-5-20-18(14-19)9-13-31-20/h4-5,8,12,14,17,25H,6-7,9-11,13,15-16H2,1-3H3,(H,26,27,28). The molecule has 7 nitrogen and oxygen atoms in total. The number of benzene rings is 1. The summed E-state index contributed by atoms with van der Waals surface area (Å²) in [7, 11) is 0. The Kier molecular flexibility index (Phi) is 6.41.